The molecule has 104 valence electrons. The third-order valence-electron chi connectivity index (χ3n) is 4.35. The van der Waals surface area contributed by atoms with Crippen LogP contribution < -0.4 is 4.74 Å². The highest BCUT2D eigenvalue weighted by Crippen LogP contribution is 2.38. The van der Waals surface area contributed by atoms with E-state index in [0.29, 0.717) is 12.2 Å². The molecule has 2 aliphatic rings. The molecule has 3 heteroatoms. The molecule has 2 fully saturated rings. The van der Waals surface area contributed by atoms with E-state index < -0.39 is 11.6 Å². The average molecular weight is 266 g/mol. The summed E-state index contributed by atoms with van der Waals surface area (Å²) in [5.74, 6) is -0.503. The second kappa shape index (κ2) is 5.48. The summed E-state index contributed by atoms with van der Waals surface area (Å²) in [5, 5.41) is 0. The molecule has 0 aliphatic heterocycles. The van der Waals surface area contributed by atoms with E-state index in [1.165, 1.54) is 12.8 Å². The number of halogens is 2. The molecule has 0 amide bonds. The van der Waals surface area contributed by atoms with Gasteiger partial charge in [0.25, 0.3) is 0 Å². The molecular weight excluding hydrogens is 246 g/mol. The van der Waals surface area contributed by atoms with Crippen molar-refractivity contribution in [3.05, 3.63) is 29.3 Å². The van der Waals surface area contributed by atoms with E-state index in [0.717, 1.165) is 38.0 Å². The Bertz CT molecular complexity index is 448. The first-order chi connectivity index (χ1) is 9.25. The Hall–Kier alpha value is -1.12. The van der Waals surface area contributed by atoms with E-state index in [-0.39, 0.29) is 11.7 Å². The molecule has 0 bridgehead atoms. The molecule has 0 spiro atoms. The van der Waals surface area contributed by atoms with Gasteiger partial charge < -0.3 is 4.74 Å². The summed E-state index contributed by atoms with van der Waals surface area (Å²) in [6.07, 6.45) is 7.63. The topological polar surface area (TPSA) is 9.23 Å². The highest BCUT2D eigenvalue weighted by atomic mass is 19.2. The van der Waals surface area contributed by atoms with Gasteiger partial charge in [-0.1, -0.05) is 31.7 Å². The minimum absolute atomic E-state index is 0.0693. The highest BCUT2D eigenvalue weighted by Gasteiger charge is 2.24. The van der Waals surface area contributed by atoms with Gasteiger partial charge in [-0.05, 0) is 42.7 Å². The van der Waals surface area contributed by atoms with Gasteiger partial charge in [0.1, 0.15) is 0 Å². The third-order valence-corrected chi connectivity index (χ3v) is 4.35. The van der Waals surface area contributed by atoms with E-state index in [4.69, 9.17) is 4.74 Å². The Morgan fingerprint density at radius 1 is 1.00 bits per heavy atom. The van der Waals surface area contributed by atoms with Gasteiger partial charge in [0.15, 0.2) is 11.6 Å². The second-order valence-corrected chi connectivity index (χ2v) is 5.84. The van der Waals surface area contributed by atoms with Gasteiger partial charge in [-0.25, -0.2) is 4.39 Å². The van der Waals surface area contributed by atoms with Crippen LogP contribution in [-0.4, -0.2) is 6.61 Å². The summed E-state index contributed by atoms with van der Waals surface area (Å²) < 4.78 is 33.4. The van der Waals surface area contributed by atoms with Crippen LogP contribution in [0.1, 0.15) is 56.4 Å². The van der Waals surface area contributed by atoms with Crippen molar-refractivity contribution in [3.8, 4) is 5.75 Å². The molecule has 2 saturated carbocycles. The molecule has 0 atom stereocenters. The summed E-state index contributed by atoms with van der Waals surface area (Å²) in [6.45, 7) is 0.490. The van der Waals surface area contributed by atoms with Crippen LogP contribution in [0.15, 0.2) is 12.1 Å². The van der Waals surface area contributed by atoms with Crippen molar-refractivity contribution in [2.45, 2.75) is 50.9 Å². The zero-order valence-electron chi connectivity index (χ0n) is 11.1. The minimum Gasteiger partial charge on any atom is -0.490 e. The lowest BCUT2D eigenvalue weighted by Gasteiger charge is -2.14. The molecule has 0 N–H and O–H groups in total. The number of rotatable bonds is 5. The summed E-state index contributed by atoms with van der Waals surface area (Å²) in [6, 6.07) is 3.31. The normalized spacial score (nSPS) is 19.9. The molecule has 1 aromatic carbocycles. The SMILES string of the molecule is Fc1c(OCCC2CC2)ccc(C2CCCC2)c1F. The van der Waals surface area contributed by atoms with Crippen molar-refractivity contribution < 1.29 is 13.5 Å². The van der Waals surface area contributed by atoms with Crippen molar-refractivity contribution in [1.29, 1.82) is 0 Å². The Balaban J connectivity index is 1.69. The zero-order chi connectivity index (χ0) is 13.2. The lowest BCUT2D eigenvalue weighted by Crippen LogP contribution is -2.05. The van der Waals surface area contributed by atoms with Gasteiger partial charge in [0, 0.05) is 0 Å². The summed E-state index contributed by atoms with van der Waals surface area (Å²) >= 11 is 0. The maximum atomic E-state index is 14.1. The first-order valence-electron chi connectivity index (χ1n) is 7.36. The van der Waals surface area contributed by atoms with E-state index >= 15 is 0 Å². The molecule has 0 saturated heterocycles. The second-order valence-electron chi connectivity index (χ2n) is 5.84. The Morgan fingerprint density at radius 3 is 2.42 bits per heavy atom. The maximum Gasteiger partial charge on any atom is 0.200 e. The predicted octanol–water partition coefficient (Wildman–Crippen LogP) is 4.80. The fourth-order valence-corrected chi connectivity index (χ4v) is 2.95. The summed E-state index contributed by atoms with van der Waals surface area (Å²) in [4.78, 5) is 0. The number of hydrogen-bond donors (Lipinski definition) is 0. The lowest BCUT2D eigenvalue weighted by atomic mass is 9.97. The van der Waals surface area contributed by atoms with Crippen molar-refractivity contribution in [2.24, 2.45) is 5.92 Å². The molecule has 0 heterocycles. The van der Waals surface area contributed by atoms with E-state index in [2.05, 4.69) is 0 Å². The monoisotopic (exact) mass is 266 g/mol. The van der Waals surface area contributed by atoms with Crippen LogP contribution in [0.25, 0.3) is 0 Å². The van der Waals surface area contributed by atoms with Crippen LogP contribution >= 0.6 is 0 Å². The Labute approximate surface area is 113 Å². The van der Waals surface area contributed by atoms with Gasteiger partial charge in [-0.15, -0.1) is 0 Å². The van der Waals surface area contributed by atoms with E-state index in [1.807, 2.05) is 0 Å². The largest absolute Gasteiger partial charge is 0.490 e. The molecule has 19 heavy (non-hydrogen) atoms. The molecule has 1 aromatic rings. The Morgan fingerprint density at radius 2 is 1.74 bits per heavy atom. The van der Waals surface area contributed by atoms with Gasteiger partial charge in [0.05, 0.1) is 6.61 Å². The number of benzene rings is 1. The first-order valence-corrected chi connectivity index (χ1v) is 7.36. The number of hydrogen-bond acceptors (Lipinski definition) is 1. The fourth-order valence-electron chi connectivity index (χ4n) is 2.95. The van der Waals surface area contributed by atoms with Crippen molar-refractivity contribution in [1.82, 2.24) is 0 Å². The van der Waals surface area contributed by atoms with Gasteiger partial charge >= 0.3 is 0 Å². The molecular formula is C16H20F2O. The smallest absolute Gasteiger partial charge is 0.200 e. The molecule has 3 rings (SSSR count). The van der Waals surface area contributed by atoms with Gasteiger partial charge in [-0.3, -0.25) is 0 Å². The standard InChI is InChI=1S/C16H20F2O/c17-15-13(12-3-1-2-4-12)7-8-14(16(15)18)19-10-9-11-5-6-11/h7-8,11-12H,1-6,9-10H2. The Kier molecular flexibility index (Phi) is 3.72. The van der Waals surface area contributed by atoms with Gasteiger partial charge in [-0.2, -0.15) is 4.39 Å². The lowest BCUT2D eigenvalue weighted by molar-refractivity contribution is 0.282. The zero-order valence-corrected chi connectivity index (χ0v) is 11.1. The highest BCUT2D eigenvalue weighted by molar-refractivity contribution is 5.33. The number of ether oxygens (including phenoxy) is 1. The van der Waals surface area contributed by atoms with Crippen molar-refractivity contribution in [3.63, 3.8) is 0 Å². The first kappa shape index (κ1) is 12.9. The molecule has 1 nitrogen and oxygen atoms in total. The fraction of sp³-hybridized carbons (Fsp3) is 0.625. The predicted molar refractivity (Wildman–Crippen MR) is 70.4 cm³/mol. The van der Waals surface area contributed by atoms with Crippen LogP contribution in [0.5, 0.6) is 5.75 Å². The van der Waals surface area contributed by atoms with Crippen LogP contribution in [0.4, 0.5) is 8.78 Å². The molecule has 0 unspecified atom stereocenters. The third kappa shape index (κ3) is 2.90. The van der Waals surface area contributed by atoms with E-state index in [1.54, 1.807) is 12.1 Å². The van der Waals surface area contributed by atoms with Crippen LogP contribution in [-0.2, 0) is 0 Å². The summed E-state index contributed by atoms with van der Waals surface area (Å²) in [5.41, 5.74) is 0.532. The van der Waals surface area contributed by atoms with Crippen LogP contribution in [0, 0.1) is 17.6 Å². The minimum atomic E-state index is -0.805. The van der Waals surface area contributed by atoms with Crippen molar-refractivity contribution in [2.75, 3.05) is 6.61 Å². The van der Waals surface area contributed by atoms with E-state index in [9.17, 15) is 8.78 Å². The van der Waals surface area contributed by atoms with Crippen LogP contribution in [0.2, 0.25) is 0 Å². The molecule has 0 aromatic heterocycles. The summed E-state index contributed by atoms with van der Waals surface area (Å²) in [7, 11) is 0. The molecule has 0 radical (unpaired) electrons. The van der Waals surface area contributed by atoms with Gasteiger partial charge in [0.2, 0.25) is 5.82 Å². The molecule has 2 aliphatic carbocycles. The van der Waals surface area contributed by atoms with Crippen molar-refractivity contribution >= 4 is 0 Å². The average Bonchev–Trinajstić information content (AvgIpc) is 3.07. The quantitative estimate of drug-likeness (QED) is 0.743. The van der Waals surface area contributed by atoms with Crippen LogP contribution in [0.3, 0.4) is 0 Å². The maximum absolute atomic E-state index is 14.1.